The lowest BCUT2D eigenvalue weighted by Crippen LogP contribution is -2.33. The van der Waals surface area contributed by atoms with Crippen molar-refractivity contribution in [2.75, 3.05) is 5.01 Å². The zero-order chi connectivity index (χ0) is 15.5. The third-order valence-electron chi connectivity index (χ3n) is 3.18. The third-order valence-corrected chi connectivity index (χ3v) is 5.62. The van der Waals surface area contributed by atoms with E-state index in [1.165, 1.54) is 23.5 Å². The van der Waals surface area contributed by atoms with Crippen LogP contribution in [0.15, 0.2) is 39.9 Å². The van der Waals surface area contributed by atoms with E-state index in [0.717, 1.165) is 10.2 Å². The first kappa shape index (κ1) is 14.3. The van der Waals surface area contributed by atoms with Crippen LogP contribution in [-0.4, -0.2) is 14.9 Å². The molecule has 22 heavy (non-hydrogen) atoms. The highest BCUT2D eigenvalue weighted by Gasteiger charge is 2.46. The molecule has 4 nitrogen and oxygen atoms in total. The Bertz CT molecular complexity index is 772. The standard InChI is InChI=1S/C12H6ClF3N4S2/c13-7-3-1-6(2-4-7)9-19-8(5-21-9)22-11-18-17-10(20(11)19)12(14,15)16/h1-5,9H/t9-/m0/s1. The quantitative estimate of drug-likeness (QED) is 0.758. The van der Waals surface area contributed by atoms with Gasteiger partial charge in [0.25, 0.3) is 5.82 Å². The van der Waals surface area contributed by atoms with Crippen molar-refractivity contribution in [2.45, 2.75) is 16.7 Å². The van der Waals surface area contributed by atoms with E-state index in [2.05, 4.69) is 10.2 Å². The first-order valence-corrected chi connectivity index (χ1v) is 8.20. The first-order chi connectivity index (χ1) is 10.4. The van der Waals surface area contributed by atoms with E-state index in [1.54, 1.807) is 29.3 Å². The van der Waals surface area contributed by atoms with Gasteiger partial charge in [0.2, 0.25) is 5.16 Å². The Kier molecular flexibility index (Phi) is 3.14. The molecule has 2 aromatic rings. The van der Waals surface area contributed by atoms with E-state index in [-0.39, 0.29) is 10.5 Å². The van der Waals surface area contributed by atoms with Crippen LogP contribution in [0.1, 0.15) is 16.8 Å². The lowest BCUT2D eigenvalue weighted by Gasteiger charge is -2.26. The van der Waals surface area contributed by atoms with Gasteiger partial charge in [0.1, 0.15) is 10.4 Å². The Morgan fingerprint density at radius 1 is 1.14 bits per heavy atom. The average Bonchev–Trinajstić information content (AvgIpc) is 3.08. The minimum atomic E-state index is -4.56. The van der Waals surface area contributed by atoms with E-state index >= 15 is 0 Å². The van der Waals surface area contributed by atoms with Crippen LogP contribution in [0.5, 0.6) is 0 Å². The molecule has 0 saturated carbocycles. The van der Waals surface area contributed by atoms with Crippen LogP contribution < -0.4 is 5.01 Å². The van der Waals surface area contributed by atoms with Crippen LogP contribution in [0.4, 0.5) is 13.2 Å². The van der Waals surface area contributed by atoms with Gasteiger partial charge in [0.15, 0.2) is 0 Å². The largest absolute Gasteiger partial charge is 0.453 e. The monoisotopic (exact) mass is 362 g/mol. The van der Waals surface area contributed by atoms with E-state index in [1.807, 2.05) is 5.41 Å². The topological polar surface area (TPSA) is 34.0 Å². The zero-order valence-electron chi connectivity index (χ0n) is 10.6. The number of hydrogen-bond acceptors (Lipinski definition) is 5. The molecule has 0 N–H and O–H groups in total. The minimum absolute atomic E-state index is 0.220. The molecule has 0 spiro atoms. The molecule has 0 radical (unpaired) electrons. The first-order valence-electron chi connectivity index (χ1n) is 6.06. The second-order valence-corrected chi connectivity index (χ2v) is 6.94. The van der Waals surface area contributed by atoms with E-state index < -0.39 is 12.0 Å². The van der Waals surface area contributed by atoms with Crippen LogP contribution in [0, 0.1) is 0 Å². The molecule has 0 unspecified atom stereocenters. The summed E-state index contributed by atoms with van der Waals surface area (Å²) in [5, 5.41) is 11.5. The molecular formula is C12H6ClF3N4S2. The van der Waals surface area contributed by atoms with Gasteiger partial charge in [0.05, 0.1) is 0 Å². The summed E-state index contributed by atoms with van der Waals surface area (Å²) in [7, 11) is 0. The van der Waals surface area contributed by atoms with E-state index in [4.69, 9.17) is 11.6 Å². The molecule has 0 aliphatic carbocycles. The van der Waals surface area contributed by atoms with Gasteiger partial charge < -0.3 is 0 Å². The maximum atomic E-state index is 13.1. The van der Waals surface area contributed by atoms with Gasteiger partial charge in [0, 0.05) is 10.4 Å². The Morgan fingerprint density at radius 2 is 1.86 bits per heavy atom. The predicted octanol–water partition coefficient (Wildman–Crippen LogP) is 4.24. The summed E-state index contributed by atoms with van der Waals surface area (Å²) in [5.41, 5.74) is 0.857. The number of alkyl halides is 3. The lowest BCUT2D eigenvalue weighted by atomic mass is 10.2. The molecule has 1 aromatic carbocycles. The maximum Gasteiger partial charge on any atom is 0.453 e. The number of benzene rings is 1. The van der Waals surface area contributed by atoms with Gasteiger partial charge in [-0.15, -0.1) is 10.2 Å². The average molecular weight is 363 g/mol. The summed E-state index contributed by atoms with van der Waals surface area (Å²) in [4.78, 5) is 0. The van der Waals surface area contributed by atoms with Crippen molar-refractivity contribution < 1.29 is 13.2 Å². The third kappa shape index (κ3) is 2.10. The molecule has 4 rings (SSSR count). The fourth-order valence-electron chi connectivity index (χ4n) is 2.26. The summed E-state index contributed by atoms with van der Waals surface area (Å²) in [6.07, 6.45) is -4.56. The van der Waals surface area contributed by atoms with E-state index in [0.29, 0.717) is 10.1 Å². The summed E-state index contributed by atoms with van der Waals surface area (Å²) in [6, 6.07) is 7.04. The van der Waals surface area contributed by atoms with E-state index in [9.17, 15) is 13.2 Å². The zero-order valence-corrected chi connectivity index (χ0v) is 13.0. The smallest absolute Gasteiger partial charge is 0.252 e. The van der Waals surface area contributed by atoms with Gasteiger partial charge in [-0.3, -0.25) is 5.01 Å². The van der Waals surface area contributed by atoms with Gasteiger partial charge in [-0.2, -0.15) is 13.2 Å². The fourth-order valence-corrected chi connectivity index (χ4v) is 4.62. The molecule has 10 heteroatoms. The van der Waals surface area contributed by atoms with Gasteiger partial charge in [-0.25, -0.2) is 4.68 Å². The number of rotatable bonds is 1. The molecule has 0 amide bonds. The van der Waals surface area contributed by atoms with Crippen molar-refractivity contribution in [3.05, 3.63) is 51.1 Å². The molecule has 1 aromatic heterocycles. The minimum Gasteiger partial charge on any atom is -0.252 e. The van der Waals surface area contributed by atoms with Crippen LogP contribution >= 0.6 is 35.1 Å². The summed E-state index contributed by atoms with van der Waals surface area (Å²) < 4.78 is 40.4. The van der Waals surface area contributed by atoms with Gasteiger partial charge in [-0.1, -0.05) is 35.5 Å². The Hall–Kier alpha value is -1.32. The summed E-state index contributed by atoms with van der Waals surface area (Å²) in [5.74, 6) is -1.01. The van der Waals surface area contributed by atoms with Crippen LogP contribution in [-0.2, 0) is 6.18 Å². The normalized spacial score (nSPS) is 20.1. The van der Waals surface area contributed by atoms with Crippen molar-refractivity contribution in [3.63, 3.8) is 0 Å². The van der Waals surface area contributed by atoms with Crippen molar-refractivity contribution in [1.29, 1.82) is 0 Å². The SMILES string of the molecule is FC(F)(F)c1nnc2n1N1C(=CS[C@H]1c1ccc(Cl)cc1)S2. The molecule has 0 saturated heterocycles. The second kappa shape index (κ2) is 4.84. The van der Waals surface area contributed by atoms with Crippen molar-refractivity contribution >= 4 is 35.1 Å². The Labute approximate surface area is 136 Å². The Balaban J connectivity index is 1.79. The Morgan fingerprint density at radius 3 is 2.55 bits per heavy atom. The number of fused-ring (bicyclic) bond motifs is 3. The molecule has 2 aliphatic heterocycles. The second-order valence-electron chi connectivity index (χ2n) is 4.56. The number of hydrogen-bond donors (Lipinski definition) is 0. The highest BCUT2D eigenvalue weighted by atomic mass is 35.5. The summed E-state index contributed by atoms with van der Waals surface area (Å²) in [6.45, 7) is 0. The molecule has 3 heterocycles. The number of aromatic nitrogens is 3. The molecule has 0 bridgehead atoms. The molecule has 1 atom stereocenters. The highest BCUT2D eigenvalue weighted by Crippen LogP contribution is 2.52. The number of nitrogens with zero attached hydrogens (tertiary/aromatic N) is 4. The molecule has 2 aliphatic rings. The van der Waals surface area contributed by atoms with Gasteiger partial charge >= 0.3 is 6.18 Å². The number of thioether (sulfide) groups is 2. The summed E-state index contributed by atoms with van der Waals surface area (Å²) >= 11 is 8.48. The predicted molar refractivity (Wildman–Crippen MR) is 79.0 cm³/mol. The molecular weight excluding hydrogens is 357 g/mol. The van der Waals surface area contributed by atoms with Crippen molar-refractivity contribution in [1.82, 2.24) is 14.9 Å². The van der Waals surface area contributed by atoms with Crippen molar-refractivity contribution in [2.24, 2.45) is 0 Å². The number of halogens is 4. The van der Waals surface area contributed by atoms with Crippen LogP contribution in [0.3, 0.4) is 0 Å². The van der Waals surface area contributed by atoms with Gasteiger partial charge in [-0.05, 0) is 29.5 Å². The highest BCUT2D eigenvalue weighted by molar-refractivity contribution is 8.07. The lowest BCUT2D eigenvalue weighted by molar-refractivity contribution is -0.147. The van der Waals surface area contributed by atoms with Crippen LogP contribution in [0.25, 0.3) is 0 Å². The maximum absolute atomic E-state index is 13.1. The molecule has 0 fully saturated rings. The fraction of sp³-hybridized carbons (Fsp3) is 0.167. The van der Waals surface area contributed by atoms with Crippen LogP contribution in [0.2, 0.25) is 5.02 Å². The molecule has 114 valence electrons. The van der Waals surface area contributed by atoms with Crippen molar-refractivity contribution in [3.8, 4) is 0 Å².